The molecular weight excluding hydrogens is 346 g/mol. The molecule has 0 saturated heterocycles. The molecule has 2 N–H and O–H groups in total. The van der Waals surface area contributed by atoms with Gasteiger partial charge in [0.25, 0.3) is 0 Å². The smallest absolute Gasteiger partial charge is 0.187 e. The fraction of sp³-hybridized carbons (Fsp3) is 0.200. The van der Waals surface area contributed by atoms with E-state index in [-0.39, 0.29) is 0 Å². The number of methoxy groups -OCH3 is 1. The zero-order chi connectivity index (χ0) is 18.8. The van der Waals surface area contributed by atoms with Crippen LogP contribution in [0.1, 0.15) is 16.7 Å². The van der Waals surface area contributed by atoms with Crippen molar-refractivity contribution < 1.29 is 9.47 Å². The number of para-hydroxylation sites is 1. The first kappa shape index (κ1) is 19.5. The van der Waals surface area contributed by atoms with Crippen LogP contribution in [-0.4, -0.2) is 25.0 Å². The Labute approximate surface area is 159 Å². The molecule has 0 unspecified atom stereocenters. The zero-order valence-corrected chi connectivity index (χ0v) is 15.8. The van der Waals surface area contributed by atoms with Crippen LogP contribution in [0.25, 0.3) is 0 Å². The summed E-state index contributed by atoms with van der Waals surface area (Å²) in [6.45, 7) is 6.69. The Hall–Kier alpha value is -2.86. The molecule has 0 spiro atoms. The molecule has 0 amide bonds. The van der Waals surface area contributed by atoms with Crippen LogP contribution in [0.5, 0.6) is 11.5 Å². The summed E-state index contributed by atoms with van der Waals surface area (Å²) in [6.07, 6.45) is 3.37. The molecule has 5 nitrogen and oxygen atoms in total. The first-order valence-corrected chi connectivity index (χ1v) is 8.58. The lowest BCUT2D eigenvalue weighted by Gasteiger charge is -2.13. The third kappa shape index (κ3) is 5.89. The van der Waals surface area contributed by atoms with Gasteiger partial charge >= 0.3 is 0 Å². The predicted octanol–water partition coefficient (Wildman–Crippen LogP) is 3.57. The van der Waals surface area contributed by atoms with Crippen LogP contribution >= 0.6 is 12.2 Å². The summed E-state index contributed by atoms with van der Waals surface area (Å²) in [5, 5.41) is 7.51. The highest BCUT2D eigenvalue weighted by Crippen LogP contribution is 2.30. The van der Waals surface area contributed by atoms with Crippen molar-refractivity contribution >= 4 is 23.5 Å². The Balaban J connectivity index is 2.09. The molecule has 26 heavy (non-hydrogen) atoms. The minimum absolute atomic E-state index is 0.422. The molecule has 0 aliphatic heterocycles. The minimum Gasteiger partial charge on any atom is -0.493 e. The standard InChI is InChI=1S/C20H23N3O2S/c1-4-12-21-20(26)23-22-13-17-6-5-7-18(24-3)19(17)25-14-16-10-8-15(2)9-11-16/h4-11,13H,1,12,14H2,2-3H3,(H2,21,23,26). The van der Waals surface area contributed by atoms with Crippen LogP contribution in [0.2, 0.25) is 0 Å². The van der Waals surface area contributed by atoms with Crippen LogP contribution < -0.4 is 20.2 Å². The van der Waals surface area contributed by atoms with Gasteiger partial charge in [-0.25, -0.2) is 0 Å². The molecule has 0 aliphatic carbocycles. The van der Waals surface area contributed by atoms with E-state index in [0.717, 1.165) is 11.1 Å². The number of ether oxygens (including phenoxy) is 2. The molecule has 0 atom stereocenters. The van der Waals surface area contributed by atoms with Gasteiger partial charge in [0.05, 0.1) is 13.3 Å². The highest BCUT2D eigenvalue weighted by Gasteiger charge is 2.09. The monoisotopic (exact) mass is 369 g/mol. The van der Waals surface area contributed by atoms with Gasteiger partial charge in [-0.1, -0.05) is 42.0 Å². The van der Waals surface area contributed by atoms with Crippen molar-refractivity contribution in [2.75, 3.05) is 13.7 Å². The number of hydrazone groups is 1. The van der Waals surface area contributed by atoms with E-state index < -0.39 is 0 Å². The molecule has 0 aromatic heterocycles. The van der Waals surface area contributed by atoms with Crippen LogP contribution in [0.15, 0.2) is 60.2 Å². The van der Waals surface area contributed by atoms with E-state index in [1.807, 2.05) is 30.3 Å². The van der Waals surface area contributed by atoms with Gasteiger partial charge in [0.1, 0.15) is 6.61 Å². The number of aryl methyl sites for hydroxylation is 1. The second-order valence-electron chi connectivity index (χ2n) is 5.52. The summed E-state index contributed by atoms with van der Waals surface area (Å²) in [5.74, 6) is 1.28. The lowest BCUT2D eigenvalue weighted by Crippen LogP contribution is -2.31. The number of nitrogens with zero attached hydrogens (tertiary/aromatic N) is 1. The Kier molecular flexibility index (Phi) is 7.64. The number of rotatable bonds is 8. The normalized spacial score (nSPS) is 10.4. The number of benzene rings is 2. The van der Waals surface area contributed by atoms with Crippen LogP contribution in [-0.2, 0) is 6.61 Å². The molecule has 0 bridgehead atoms. The molecule has 6 heteroatoms. The van der Waals surface area contributed by atoms with Gasteiger partial charge in [-0.15, -0.1) is 6.58 Å². The molecule has 2 aromatic rings. The Morgan fingerprint density at radius 3 is 2.69 bits per heavy atom. The fourth-order valence-electron chi connectivity index (χ4n) is 2.15. The van der Waals surface area contributed by atoms with Crippen LogP contribution in [0.4, 0.5) is 0 Å². The highest BCUT2D eigenvalue weighted by molar-refractivity contribution is 7.80. The average molecular weight is 369 g/mol. The van der Waals surface area contributed by atoms with E-state index in [9.17, 15) is 0 Å². The van der Waals surface area contributed by atoms with Crippen molar-refractivity contribution in [3.63, 3.8) is 0 Å². The maximum absolute atomic E-state index is 6.00. The largest absolute Gasteiger partial charge is 0.493 e. The molecule has 136 valence electrons. The number of thiocarbonyl (C=S) groups is 1. The van der Waals surface area contributed by atoms with Gasteiger partial charge in [-0.05, 0) is 36.8 Å². The Bertz CT molecular complexity index is 773. The van der Waals surface area contributed by atoms with E-state index in [2.05, 4.69) is 41.5 Å². The summed E-state index contributed by atoms with van der Waals surface area (Å²) in [7, 11) is 1.61. The average Bonchev–Trinajstić information content (AvgIpc) is 2.66. The highest BCUT2D eigenvalue weighted by atomic mass is 32.1. The molecule has 0 radical (unpaired) electrons. The SMILES string of the molecule is C=CCNC(=S)NN=Cc1cccc(OC)c1OCc1ccc(C)cc1. The topological polar surface area (TPSA) is 54.9 Å². The summed E-state index contributed by atoms with van der Waals surface area (Å²) < 4.78 is 11.4. The van der Waals surface area contributed by atoms with Gasteiger partial charge in [-0.2, -0.15) is 5.10 Å². The second-order valence-corrected chi connectivity index (χ2v) is 5.93. The van der Waals surface area contributed by atoms with Crippen LogP contribution in [0.3, 0.4) is 0 Å². The van der Waals surface area contributed by atoms with E-state index in [4.69, 9.17) is 21.7 Å². The molecule has 0 heterocycles. The first-order valence-electron chi connectivity index (χ1n) is 8.17. The summed E-state index contributed by atoms with van der Waals surface area (Å²) in [5.41, 5.74) is 5.84. The first-order chi connectivity index (χ1) is 12.6. The van der Waals surface area contributed by atoms with Gasteiger partial charge in [-0.3, -0.25) is 5.43 Å². The van der Waals surface area contributed by atoms with Crippen molar-refractivity contribution in [1.82, 2.24) is 10.7 Å². The number of hydrogen-bond donors (Lipinski definition) is 2. The number of nitrogens with one attached hydrogen (secondary N) is 2. The molecule has 0 aliphatic rings. The summed E-state index contributed by atoms with van der Waals surface area (Å²) >= 11 is 5.10. The second kappa shape index (κ2) is 10.2. The van der Waals surface area contributed by atoms with E-state index in [1.54, 1.807) is 19.4 Å². The van der Waals surface area contributed by atoms with E-state index in [0.29, 0.717) is 29.8 Å². The van der Waals surface area contributed by atoms with Crippen molar-refractivity contribution in [3.8, 4) is 11.5 Å². The molecular formula is C20H23N3O2S. The summed E-state index contributed by atoms with van der Waals surface area (Å²) in [4.78, 5) is 0. The van der Waals surface area contributed by atoms with Crippen LogP contribution in [0, 0.1) is 6.92 Å². The minimum atomic E-state index is 0.422. The van der Waals surface area contributed by atoms with Crippen molar-refractivity contribution in [3.05, 3.63) is 71.8 Å². The Morgan fingerprint density at radius 1 is 1.23 bits per heavy atom. The van der Waals surface area contributed by atoms with E-state index in [1.165, 1.54) is 5.56 Å². The van der Waals surface area contributed by atoms with Crippen molar-refractivity contribution in [2.24, 2.45) is 5.10 Å². The molecule has 2 rings (SSSR count). The maximum atomic E-state index is 6.00. The summed E-state index contributed by atoms with van der Waals surface area (Å²) in [6, 6.07) is 13.8. The predicted molar refractivity (Wildman–Crippen MR) is 110 cm³/mol. The third-order valence-corrected chi connectivity index (χ3v) is 3.75. The van der Waals surface area contributed by atoms with Crippen molar-refractivity contribution in [1.29, 1.82) is 0 Å². The van der Waals surface area contributed by atoms with Gasteiger partial charge in [0.15, 0.2) is 16.6 Å². The molecule has 0 fully saturated rings. The third-order valence-electron chi connectivity index (χ3n) is 3.51. The van der Waals surface area contributed by atoms with Gasteiger partial charge in [0.2, 0.25) is 0 Å². The van der Waals surface area contributed by atoms with Gasteiger partial charge < -0.3 is 14.8 Å². The quantitative estimate of drug-likeness (QED) is 0.322. The van der Waals surface area contributed by atoms with Crippen molar-refractivity contribution in [2.45, 2.75) is 13.5 Å². The maximum Gasteiger partial charge on any atom is 0.187 e. The lowest BCUT2D eigenvalue weighted by molar-refractivity contribution is 0.284. The lowest BCUT2D eigenvalue weighted by atomic mass is 10.1. The van der Waals surface area contributed by atoms with Gasteiger partial charge in [0, 0.05) is 12.1 Å². The zero-order valence-electron chi connectivity index (χ0n) is 15.0. The number of hydrogen-bond acceptors (Lipinski definition) is 4. The fourth-order valence-corrected chi connectivity index (χ4v) is 2.29. The van der Waals surface area contributed by atoms with E-state index >= 15 is 0 Å². The molecule has 0 saturated carbocycles. The molecule has 2 aromatic carbocycles. The Morgan fingerprint density at radius 2 is 2.00 bits per heavy atom.